The van der Waals surface area contributed by atoms with E-state index in [9.17, 15) is 4.79 Å². The molecule has 0 radical (unpaired) electrons. The largest absolute Gasteiger partial charge is 0.356 e. The fraction of sp³-hybridized carbons (Fsp3) is 0.714. The maximum Gasteiger partial charge on any atom is 0.221 e. The summed E-state index contributed by atoms with van der Waals surface area (Å²) in [5.41, 5.74) is 7.00. The Morgan fingerprint density at radius 3 is 2.84 bits per heavy atom. The molecule has 19 heavy (non-hydrogen) atoms. The Kier molecular flexibility index (Phi) is 4.58. The van der Waals surface area contributed by atoms with Crippen LogP contribution in [0.15, 0.2) is 12.3 Å². The van der Waals surface area contributed by atoms with Crippen molar-refractivity contribution in [2.45, 2.75) is 50.5 Å². The van der Waals surface area contributed by atoms with E-state index in [0.29, 0.717) is 13.0 Å². The van der Waals surface area contributed by atoms with Gasteiger partial charge in [0.1, 0.15) is 0 Å². The average Bonchev–Trinajstić information content (AvgIpc) is 2.75. The van der Waals surface area contributed by atoms with Gasteiger partial charge in [-0.2, -0.15) is 5.10 Å². The van der Waals surface area contributed by atoms with E-state index in [4.69, 9.17) is 5.73 Å². The minimum absolute atomic E-state index is 0.0698. The van der Waals surface area contributed by atoms with E-state index in [2.05, 4.69) is 10.4 Å². The molecule has 0 spiro atoms. The molecule has 0 saturated heterocycles. The Labute approximate surface area is 114 Å². The van der Waals surface area contributed by atoms with Crippen molar-refractivity contribution in [1.82, 2.24) is 15.1 Å². The SMILES string of the molecule is Cn1ccc(CCNC(=O)CC2(N)CCCCC2)n1. The van der Waals surface area contributed by atoms with Gasteiger partial charge < -0.3 is 11.1 Å². The zero-order valence-corrected chi connectivity index (χ0v) is 11.7. The lowest BCUT2D eigenvalue weighted by Crippen LogP contribution is -2.46. The number of amides is 1. The fourth-order valence-electron chi connectivity index (χ4n) is 2.74. The van der Waals surface area contributed by atoms with Gasteiger partial charge in [-0.3, -0.25) is 9.48 Å². The van der Waals surface area contributed by atoms with Crippen molar-refractivity contribution in [2.24, 2.45) is 12.8 Å². The van der Waals surface area contributed by atoms with Crippen LogP contribution in [0.25, 0.3) is 0 Å². The summed E-state index contributed by atoms with van der Waals surface area (Å²) in [6.45, 7) is 0.631. The summed E-state index contributed by atoms with van der Waals surface area (Å²) in [5.74, 6) is 0.0698. The highest BCUT2D eigenvalue weighted by Gasteiger charge is 2.29. The van der Waals surface area contributed by atoms with Gasteiger partial charge in [0.15, 0.2) is 0 Å². The molecular weight excluding hydrogens is 240 g/mol. The quantitative estimate of drug-likeness (QED) is 0.837. The van der Waals surface area contributed by atoms with Crippen LogP contribution in [0.5, 0.6) is 0 Å². The molecule has 1 fully saturated rings. The third kappa shape index (κ3) is 4.35. The second-order valence-electron chi connectivity index (χ2n) is 5.68. The summed E-state index contributed by atoms with van der Waals surface area (Å²) in [5, 5.41) is 7.22. The minimum atomic E-state index is -0.271. The molecule has 0 unspecified atom stereocenters. The molecule has 3 N–H and O–H groups in total. The third-order valence-electron chi connectivity index (χ3n) is 3.83. The second-order valence-corrected chi connectivity index (χ2v) is 5.68. The molecule has 0 atom stereocenters. The summed E-state index contributed by atoms with van der Waals surface area (Å²) in [4.78, 5) is 11.9. The highest BCUT2D eigenvalue weighted by molar-refractivity contribution is 5.77. The third-order valence-corrected chi connectivity index (χ3v) is 3.83. The van der Waals surface area contributed by atoms with E-state index in [-0.39, 0.29) is 11.4 Å². The number of carbonyl (C=O) groups excluding carboxylic acids is 1. The predicted molar refractivity (Wildman–Crippen MR) is 74.5 cm³/mol. The number of nitrogens with two attached hydrogens (primary N) is 1. The van der Waals surface area contributed by atoms with Crippen molar-refractivity contribution in [3.05, 3.63) is 18.0 Å². The number of aryl methyl sites for hydroxylation is 1. The molecule has 1 aliphatic carbocycles. The standard InChI is InChI=1S/C14H24N4O/c1-18-10-6-12(17-18)5-9-16-13(19)11-14(15)7-3-2-4-8-14/h6,10H,2-5,7-9,11,15H2,1H3,(H,16,19). The lowest BCUT2D eigenvalue weighted by molar-refractivity contribution is -0.122. The van der Waals surface area contributed by atoms with Gasteiger partial charge in [-0.15, -0.1) is 0 Å². The van der Waals surface area contributed by atoms with Gasteiger partial charge in [0.2, 0.25) is 5.91 Å². The van der Waals surface area contributed by atoms with Crippen LogP contribution in [-0.2, 0) is 18.3 Å². The van der Waals surface area contributed by atoms with Crippen molar-refractivity contribution in [3.63, 3.8) is 0 Å². The van der Waals surface area contributed by atoms with E-state index in [1.165, 1.54) is 6.42 Å². The summed E-state index contributed by atoms with van der Waals surface area (Å²) in [6.07, 6.45) is 8.63. The van der Waals surface area contributed by atoms with Crippen molar-refractivity contribution in [3.8, 4) is 0 Å². The van der Waals surface area contributed by atoms with E-state index in [1.54, 1.807) is 4.68 Å². The normalized spacial score (nSPS) is 18.2. The maximum atomic E-state index is 11.9. The number of rotatable bonds is 5. The Hall–Kier alpha value is -1.36. The first-order valence-electron chi connectivity index (χ1n) is 7.12. The summed E-state index contributed by atoms with van der Waals surface area (Å²) >= 11 is 0. The zero-order valence-electron chi connectivity index (χ0n) is 11.7. The van der Waals surface area contributed by atoms with Crippen molar-refractivity contribution in [1.29, 1.82) is 0 Å². The van der Waals surface area contributed by atoms with Gasteiger partial charge in [-0.05, 0) is 18.9 Å². The Morgan fingerprint density at radius 2 is 2.21 bits per heavy atom. The van der Waals surface area contributed by atoms with Crippen LogP contribution in [-0.4, -0.2) is 27.8 Å². The van der Waals surface area contributed by atoms with Gasteiger partial charge >= 0.3 is 0 Å². The van der Waals surface area contributed by atoms with Crippen LogP contribution < -0.4 is 11.1 Å². The van der Waals surface area contributed by atoms with E-state index < -0.39 is 0 Å². The lowest BCUT2D eigenvalue weighted by atomic mass is 9.80. The maximum absolute atomic E-state index is 11.9. The van der Waals surface area contributed by atoms with Gasteiger partial charge in [-0.1, -0.05) is 19.3 Å². The first-order chi connectivity index (χ1) is 9.07. The van der Waals surface area contributed by atoms with Crippen molar-refractivity contribution >= 4 is 5.91 Å². The molecule has 1 heterocycles. The fourth-order valence-corrected chi connectivity index (χ4v) is 2.74. The molecule has 5 heteroatoms. The second kappa shape index (κ2) is 6.19. The molecule has 106 valence electrons. The minimum Gasteiger partial charge on any atom is -0.356 e. The number of hydrogen-bond acceptors (Lipinski definition) is 3. The van der Waals surface area contributed by atoms with E-state index in [0.717, 1.165) is 37.8 Å². The van der Waals surface area contributed by atoms with Crippen LogP contribution in [0, 0.1) is 0 Å². The van der Waals surface area contributed by atoms with E-state index in [1.807, 2.05) is 19.3 Å². The highest BCUT2D eigenvalue weighted by atomic mass is 16.1. The monoisotopic (exact) mass is 264 g/mol. The van der Waals surface area contributed by atoms with Gasteiger partial charge in [-0.25, -0.2) is 0 Å². The molecule has 2 rings (SSSR count). The molecule has 1 amide bonds. The van der Waals surface area contributed by atoms with Crippen molar-refractivity contribution in [2.75, 3.05) is 6.54 Å². The smallest absolute Gasteiger partial charge is 0.221 e. The van der Waals surface area contributed by atoms with Crippen LogP contribution in [0.3, 0.4) is 0 Å². The summed E-state index contributed by atoms with van der Waals surface area (Å²) < 4.78 is 1.77. The topological polar surface area (TPSA) is 72.9 Å². The Bertz CT molecular complexity index is 421. The molecule has 1 saturated carbocycles. The summed E-state index contributed by atoms with van der Waals surface area (Å²) in [6, 6.07) is 1.97. The molecular formula is C14H24N4O. The predicted octanol–water partition coefficient (Wildman–Crippen LogP) is 1.13. The number of aromatic nitrogens is 2. The molecule has 0 bridgehead atoms. The molecule has 0 aliphatic heterocycles. The molecule has 0 aromatic carbocycles. The summed E-state index contributed by atoms with van der Waals surface area (Å²) in [7, 11) is 1.89. The van der Waals surface area contributed by atoms with Crippen LogP contribution in [0.1, 0.15) is 44.2 Å². The van der Waals surface area contributed by atoms with Crippen LogP contribution in [0.4, 0.5) is 0 Å². The highest BCUT2D eigenvalue weighted by Crippen LogP contribution is 2.28. The average molecular weight is 264 g/mol. The number of nitrogens with zero attached hydrogens (tertiary/aromatic N) is 2. The first kappa shape index (κ1) is 14.1. The van der Waals surface area contributed by atoms with Gasteiger partial charge in [0.05, 0.1) is 5.69 Å². The number of nitrogens with one attached hydrogen (secondary N) is 1. The number of carbonyl (C=O) groups is 1. The van der Waals surface area contributed by atoms with Crippen LogP contribution >= 0.6 is 0 Å². The van der Waals surface area contributed by atoms with Gasteiger partial charge in [0, 0.05) is 38.2 Å². The molecule has 5 nitrogen and oxygen atoms in total. The first-order valence-corrected chi connectivity index (χ1v) is 7.12. The van der Waals surface area contributed by atoms with Crippen molar-refractivity contribution < 1.29 is 4.79 Å². The van der Waals surface area contributed by atoms with Crippen LogP contribution in [0.2, 0.25) is 0 Å². The van der Waals surface area contributed by atoms with Gasteiger partial charge in [0.25, 0.3) is 0 Å². The Balaban J connectivity index is 1.69. The number of hydrogen-bond donors (Lipinski definition) is 2. The molecule has 1 aromatic heterocycles. The lowest BCUT2D eigenvalue weighted by Gasteiger charge is -2.32. The van der Waals surface area contributed by atoms with E-state index >= 15 is 0 Å². The molecule has 1 aliphatic rings. The molecule has 1 aromatic rings. The zero-order chi connectivity index (χ0) is 13.7. The Morgan fingerprint density at radius 1 is 1.47 bits per heavy atom.